The quantitative estimate of drug-likeness (QED) is 0.806. The van der Waals surface area contributed by atoms with Crippen molar-refractivity contribution in [1.82, 2.24) is 15.5 Å². The fourth-order valence-electron chi connectivity index (χ4n) is 3.21. The van der Waals surface area contributed by atoms with Gasteiger partial charge < -0.3 is 20.1 Å². The number of benzene rings is 1. The summed E-state index contributed by atoms with van der Waals surface area (Å²) in [4.78, 5) is 25.9. The van der Waals surface area contributed by atoms with Gasteiger partial charge in [0.15, 0.2) is 11.5 Å². The Hall–Kier alpha value is -2.28. The Morgan fingerprint density at radius 1 is 1.20 bits per heavy atom. The Morgan fingerprint density at radius 2 is 1.92 bits per heavy atom. The number of amides is 2. The van der Waals surface area contributed by atoms with Gasteiger partial charge in [-0.1, -0.05) is 12.1 Å². The summed E-state index contributed by atoms with van der Waals surface area (Å²) < 4.78 is 11.5. The van der Waals surface area contributed by atoms with E-state index in [0.29, 0.717) is 25.4 Å². The van der Waals surface area contributed by atoms with Gasteiger partial charge in [-0.25, -0.2) is 0 Å². The van der Waals surface area contributed by atoms with Crippen LogP contribution in [0.4, 0.5) is 0 Å². The number of carbonyl (C=O) groups is 2. The highest BCUT2D eigenvalue weighted by Crippen LogP contribution is 2.30. The van der Waals surface area contributed by atoms with Crippen LogP contribution < -0.4 is 20.1 Å². The molecule has 1 saturated heterocycles. The first-order chi connectivity index (χ1) is 12.2. The molecule has 0 aliphatic carbocycles. The molecule has 1 aromatic rings. The molecule has 0 aromatic heterocycles. The van der Waals surface area contributed by atoms with Crippen LogP contribution in [0.2, 0.25) is 0 Å². The molecule has 1 fully saturated rings. The molecule has 0 radical (unpaired) electrons. The molecule has 2 heterocycles. The first-order valence-corrected chi connectivity index (χ1v) is 8.75. The van der Waals surface area contributed by atoms with Crippen molar-refractivity contribution in [2.45, 2.75) is 18.9 Å². The first kappa shape index (κ1) is 17.5. The molecule has 1 aromatic carbocycles. The number of piperidine rings is 1. The Balaban J connectivity index is 1.37. The summed E-state index contributed by atoms with van der Waals surface area (Å²) in [5.41, 5.74) is 0. The van der Waals surface area contributed by atoms with Crippen molar-refractivity contribution in [3.8, 4) is 11.5 Å². The van der Waals surface area contributed by atoms with E-state index in [1.807, 2.05) is 24.3 Å². The van der Waals surface area contributed by atoms with Crippen molar-refractivity contribution >= 4 is 11.8 Å². The van der Waals surface area contributed by atoms with Crippen molar-refractivity contribution in [3.05, 3.63) is 24.3 Å². The van der Waals surface area contributed by atoms with Gasteiger partial charge in [-0.3, -0.25) is 14.5 Å². The SMILES string of the molecule is CNC(=O)C1CCN(CC(=O)NCC2COc3ccccc3O2)CC1. The summed E-state index contributed by atoms with van der Waals surface area (Å²) in [6.07, 6.45) is 1.41. The van der Waals surface area contributed by atoms with E-state index < -0.39 is 0 Å². The van der Waals surface area contributed by atoms with Crippen LogP contribution in [0, 0.1) is 5.92 Å². The molecule has 2 amide bonds. The number of nitrogens with zero attached hydrogens (tertiary/aromatic N) is 1. The van der Waals surface area contributed by atoms with Gasteiger partial charge >= 0.3 is 0 Å². The molecule has 1 atom stereocenters. The second-order valence-corrected chi connectivity index (χ2v) is 6.47. The zero-order valence-electron chi connectivity index (χ0n) is 14.5. The van der Waals surface area contributed by atoms with E-state index in [1.54, 1.807) is 7.05 Å². The number of rotatable bonds is 5. The topological polar surface area (TPSA) is 79.9 Å². The maximum absolute atomic E-state index is 12.1. The summed E-state index contributed by atoms with van der Waals surface area (Å²) in [5.74, 6) is 1.59. The third kappa shape index (κ3) is 4.63. The van der Waals surface area contributed by atoms with Gasteiger partial charge in [-0.15, -0.1) is 0 Å². The Bertz CT molecular complexity index is 614. The fourth-order valence-corrected chi connectivity index (χ4v) is 3.21. The summed E-state index contributed by atoms with van der Waals surface area (Å²) >= 11 is 0. The molecule has 2 aliphatic rings. The number of nitrogens with one attached hydrogen (secondary N) is 2. The monoisotopic (exact) mass is 347 g/mol. The molecule has 7 nitrogen and oxygen atoms in total. The van der Waals surface area contributed by atoms with Crippen LogP contribution in [-0.4, -0.2) is 62.7 Å². The average molecular weight is 347 g/mol. The van der Waals surface area contributed by atoms with Crippen molar-refractivity contribution in [1.29, 1.82) is 0 Å². The van der Waals surface area contributed by atoms with Crippen LogP contribution in [0.3, 0.4) is 0 Å². The average Bonchev–Trinajstić information content (AvgIpc) is 2.66. The number of para-hydroxylation sites is 2. The molecule has 3 rings (SSSR count). The highest BCUT2D eigenvalue weighted by atomic mass is 16.6. The summed E-state index contributed by atoms with van der Waals surface area (Å²) in [6, 6.07) is 7.52. The maximum atomic E-state index is 12.1. The van der Waals surface area contributed by atoms with E-state index in [1.165, 1.54) is 0 Å². The molecule has 0 bridgehead atoms. The predicted molar refractivity (Wildman–Crippen MR) is 92.6 cm³/mol. The number of carbonyl (C=O) groups excluding carboxylic acids is 2. The Kier molecular flexibility index (Phi) is 5.75. The minimum Gasteiger partial charge on any atom is -0.486 e. The zero-order chi connectivity index (χ0) is 17.6. The van der Waals surface area contributed by atoms with Crippen LogP contribution in [0.15, 0.2) is 24.3 Å². The van der Waals surface area contributed by atoms with Crippen molar-refractivity contribution in [2.75, 3.05) is 39.8 Å². The minimum atomic E-state index is -0.183. The van der Waals surface area contributed by atoms with E-state index in [2.05, 4.69) is 15.5 Å². The molecule has 0 saturated carbocycles. The predicted octanol–water partition coefficient (Wildman–Crippen LogP) is 0.401. The van der Waals surface area contributed by atoms with Gasteiger partial charge in [0.25, 0.3) is 0 Å². The molecule has 1 unspecified atom stereocenters. The molecule has 136 valence electrons. The lowest BCUT2D eigenvalue weighted by Crippen LogP contribution is -2.46. The van der Waals surface area contributed by atoms with E-state index in [0.717, 1.165) is 31.7 Å². The first-order valence-electron chi connectivity index (χ1n) is 8.75. The van der Waals surface area contributed by atoms with E-state index in [-0.39, 0.29) is 23.8 Å². The molecule has 7 heteroatoms. The van der Waals surface area contributed by atoms with Crippen LogP contribution in [-0.2, 0) is 9.59 Å². The van der Waals surface area contributed by atoms with Gasteiger partial charge in [-0.2, -0.15) is 0 Å². The van der Waals surface area contributed by atoms with Crippen molar-refractivity contribution in [2.24, 2.45) is 5.92 Å². The lowest BCUT2D eigenvalue weighted by atomic mass is 9.96. The fraction of sp³-hybridized carbons (Fsp3) is 0.556. The maximum Gasteiger partial charge on any atom is 0.234 e. The van der Waals surface area contributed by atoms with Crippen LogP contribution in [0.25, 0.3) is 0 Å². The van der Waals surface area contributed by atoms with E-state index in [9.17, 15) is 9.59 Å². The van der Waals surface area contributed by atoms with Crippen molar-refractivity contribution < 1.29 is 19.1 Å². The van der Waals surface area contributed by atoms with E-state index >= 15 is 0 Å². The molecule has 0 spiro atoms. The number of likely N-dealkylation sites (tertiary alicyclic amines) is 1. The number of hydrogen-bond donors (Lipinski definition) is 2. The van der Waals surface area contributed by atoms with Gasteiger partial charge in [0.05, 0.1) is 13.1 Å². The van der Waals surface area contributed by atoms with Crippen LogP contribution >= 0.6 is 0 Å². The highest BCUT2D eigenvalue weighted by Gasteiger charge is 2.26. The summed E-state index contributed by atoms with van der Waals surface area (Å²) in [7, 11) is 1.66. The molecular formula is C18H25N3O4. The largest absolute Gasteiger partial charge is 0.486 e. The third-order valence-corrected chi connectivity index (χ3v) is 4.67. The van der Waals surface area contributed by atoms with Crippen LogP contribution in [0.1, 0.15) is 12.8 Å². The second kappa shape index (κ2) is 8.20. The van der Waals surface area contributed by atoms with Crippen LogP contribution in [0.5, 0.6) is 11.5 Å². The van der Waals surface area contributed by atoms with Crippen molar-refractivity contribution in [3.63, 3.8) is 0 Å². The Morgan fingerprint density at radius 3 is 2.64 bits per heavy atom. The van der Waals surface area contributed by atoms with Gasteiger partial charge in [0, 0.05) is 13.0 Å². The lowest BCUT2D eigenvalue weighted by Gasteiger charge is -2.31. The van der Waals surface area contributed by atoms with Gasteiger partial charge in [0.2, 0.25) is 11.8 Å². The highest BCUT2D eigenvalue weighted by molar-refractivity contribution is 5.79. The molecule has 25 heavy (non-hydrogen) atoms. The lowest BCUT2D eigenvalue weighted by molar-refractivity contribution is -0.126. The molecule has 2 aliphatic heterocycles. The molecular weight excluding hydrogens is 322 g/mol. The third-order valence-electron chi connectivity index (χ3n) is 4.67. The standard InChI is InChI=1S/C18H25N3O4/c1-19-18(23)13-6-8-21(9-7-13)11-17(22)20-10-14-12-24-15-4-2-3-5-16(15)25-14/h2-5,13-14H,6-12H2,1H3,(H,19,23)(H,20,22). The normalized spacial score (nSPS) is 20.8. The van der Waals surface area contributed by atoms with Gasteiger partial charge in [0.1, 0.15) is 12.7 Å². The molecule has 2 N–H and O–H groups in total. The summed E-state index contributed by atoms with van der Waals surface area (Å²) in [6.45, 7) is 2.73. The number of hydrogen-bond acceptors (Lipinski definition) is 5. The Labute approximate surface area is 147 Å². The second-order valence-electron chi connectivity index (χ2n) is 6.47. The minimum absolute atomic E-state index is 0.0270. The van der Waals surface area contributed by atoms with Gasteiger partial charge in [-0.05, 0) is 38.1 Å². The number of ether oxygens (including phenoxy) is 2. The number of fused-ring (bicyclic) bond motifs is 1. The van der Waals surface area contributed by atoms with E-state index in [4.69, 9.17) is 9.47 Å². The summed E-state index contributed by atoms with van der Waals surface area (Å²) in [5, 5.41) is 5.60. The smallest absolute Gasteiger partial charge is 0.234 e. The zero-order valence-corrected chi connectivity index (χ0v) is 14.5.